The number of hydrogen-bond donors (Lipinski definition) is 2. The molecule has 1 amide bonds. The van der Waals surface area contributed by atoms with Gasteiger partial charge < -0.3 is 16.0 Å². The Morgan fingerprint density at radius 2 is 2.17 bits per heavy atom. The zero-order valence-corrected chi connectivity index (χ0v) is 16.4. The van der Waals surface area contributed by atoms with Crippen LogP contribution in [0, 0.1) is 19.7 Å². The molecule has 0 unspecified atom stereocenters. The Morgan fingerprint density at radius 1 is 1.34 bits per heavy atom. The highest BCUT2D eigenvalue weighted by molar-refractivity contribution is 5.89. The molecule has 0 bridgehead atoms. The van der Waals surface area contributed by atoms with Crippen molar-refractivity contribution in [2.24, 2.45) is 5.73 Å². The summed E-state index contributed by atoms with van der Waals surface area (Å²) in [6, 6.07) is 7.20. The van der Waals surface area contributed by atoms with Gasteiger partial charge in [-0.25, -0.2) is 14.4 Å². The summed E-state index contributed by atoms with van der Waals surface area (Å²) in [4.78, 5) is 26.5. The smallest absolute Gasteiger partial charge is 0.286 e. The molecular weight excluding hydrogens is 371 g/mol. The summed E-state index contributed by atoms with van der Waals surface area (Å²) >= 11 is 0. The number of amides is 1. The molecule has 8 heteroatoms. The Kier molecular flexibility index (Phi) is 5.10. The van der Waals surface area contributed by atoms with Crippen LogP contribution in [0.4, 0.5) is 10.2 Å². The molecule has 1 aliphatic heterocycles. The Bertz CT molecular complexity index is 1090. The van der Waals surface area contributed by atoms with Gasteiger partial charge in [-0.05, 0) is 38.0 Å². The zero-order valence-electron chi connectivity index (χ0n) is 16.4. The third kappa shape index (κ3) is 3.88. The average Bonchev–Trinajstić information content (AvgIpc) is 3.17. The minimum Gasteiger partial charge on any atom is -0.363 e. The predicted molar refractivity (Wildman–Crippen MR) is 109 cm³/mol. The first kappa shape index (κ1) is 19.2. The number of primary amides is 1. The number of nitrogens with two attached hydrogens (primary N) is 1. The number of aryl methyl sites for hydroxylation is 1. The summed E-state index contributed by atoms with van der Waals surface area (Å²) in [7, 11) is 0. The first-order valence-corrected chi connectivity index (χ1v) is 9.59. The van der Waals surface area contributed by atoms with Gasteiger partial charge in [0.1, 0.15) is 17.2 Å². The van der Waals surface area contributed by atoms with Crippen LogP contribution >= 0.6 is 0 Å². The number of nitrogens with one attached hydrogen (secondary N) is 1. The van der Waals surface area contributed by atoms with Crippen molar-refractivity contribution >= 4 is 22.6 Å². The maximum Gasteiger partial charge on any atom is 0.286 e. The summed E-state index contributed by atoms with van der Waals surface area (Å²) in [6.07, 6.45) is 2.66. The third-order valence-electron chi connectivity index (χ3n) is 5.38. The van der Waals surface area contributed by atoms with Crippen LogP contribution in [0.1, 0.15) is 33.9 Å². The van der Waals surface area contributed by atoms with Crippen molar-refractivity contribution in [2.45, 2.75) is 32.9 Å². The van der Waals surface area contributed by atoms with Crippen molar-refractivity contribution < 1.29 is 9.18 Å². The van der Waals surface area contributed by atoms with Gasteiger partial charge in [0, 0.05) is 48.5 Å². The van der Waals surface area contributed by atoms with E-state index in [-0.39, 0.29) is 17.7 Å². The summed E-state index contributed by atoms with van der Waals surface area (Å²) in [5.74, 6) is -0.116. The van der Waals surface area contributed by atoms with Crippen molar-refractivity contribution in [3.05, 3.63) is 58.9 Å². The van der Waals surface area contributed by atoms with Crippen LogP contribution in [0.15, 0.2) is 30.5 Å². The minimum absolute atomic E-state index is 0.0500. The lowest BCUT2D eigenvalue weighted by molar-refractivity contribution is 0.0990. The van der Waals surface area contributed by atoms with Gasteiger partial charge >= 0.3 is 0 Å². The molecule has 7 nitrogen and oxygen atoms in total. The molecule has 1 aromatic carbocycles. The number of pyridine rings is 1. The molecule has 1 aliphatic rings. The van der Waals surface area contributed by atoms with E-state index in [1.54, 1.807) is 12.3 Å². The largest absolute Gasteiger partial charge is 0.363 e. The third-order valence-corrected chi connectivity index (χ3v) is 5.38. The van der Waals surface area contributed by atoms with E-state index >= 15 is 0 Å². The lowest BCUT2D eigenvalue weighted by Crippen LogP contribution is -2.33. The highest BCUT2D eigenvalue weighted by Crippen LogP contribution is 2.24. The van der Waals surface area contributed by atoms with E-state index in [4.69, 9.17) is 5.73 Å². The van der Waals surface area contributed by atoms with Gasteiger partial charge in [-0.15, -0.1) is 0 Å². The van der Waals surface area contributed by atoms with Gasteiger partial charge in [0.05, 0.1) is 0 Å². The van der Waals surface area contributed by atoms with Crippen LogP contribution in [0.5, 0.6) is 0 Å². The number of hydrogen-bond acceptors (Lipinski definition) is 6. The standard InChI is InChI=1S/C21H23FN6O/c1-12-13(2)26-20(19(23)29)27-21(12)28-7-6-16(11-28)24-9-14-8-15-4-3-5-17(22)18(15)25-10-14/h3-5,8,10,16,24H,6-7,9,11H2,1-2H3,(H2,23,29)/t16-/m1/s1. The average molecular weight is 394 g/mol. The van der Waals surface area contributed by atoms with Gasteiger partial charge in [-0.2, -0.15) is 0 Å². The fourth-order valence-electron chi connectivity index (χ4n) is 3.68. The maximum atomic E-state index is 13.8. The molecule has 3 heterocycles. The Balaban J connectivity index is 1.44. The number of aromatic nitrogens is 3. The summed E-state index contributed by atoms with van der Waals surface area (Å²) in [5, 5.41) is 4.33. The van der Waals surface area contributed by atoms with Gasteiger partial charge in [0.15, 0.2) is 0 Å². The van der Waals surface area contributed by atoms with Gasteiger partial charge in [0.2, 0.25) is 5.82 Å². The number of nitrogens with zero attached hydrogens (tertiary/aromatic N) is 4. The van der Waals surface area contributed by atoms with E-state index in [1.807, 2.05) is 26.0 Å². The highest BCUT2D eigenvalue weighted by atomic mass is 19.1. The molecule has 3 aromatic rings. The number of halogens is 1. The monoisotopic (exact) mass is 394 g/mol. The minimum atomic E-state index is -0.622. The van der Waals surface area contributed by atoms with E-state index < -0.39 is 5.91 Å². The van der Waals surface area contributed by atoms with E-state index in [1.165, 1.54) is 6.07 Å². The van der Waals surface area contributed by atoms with Gasteiger partial charge in [0.25, 0.3) is 5.91 Å². The summed E-state index contributed by atoms with van der Waals surface area (Å²) in [6.45, 7) is 6.05. The molecule has 0 radical (unpaired) electrons. The van der Waals surface area contributed by atoms with E-state index in [2.05, 4.69) is 25.2 Å². The summed E-state index contributed by atoms with van der Waals surface area (Å²) < 4.78 is 13.8. The van der Waals surface area contributed by atoms with Crippen molar-refractivity contribution in [3.63, 3.8) is 0 Å². The number of para-hydroxylation sites is 1. The van der Waals surface area contributed by atoms with Crippen LogP contribution in [0.25, 0.3) is 10.9 Å². The molecule has 4 rings (SSSR count). The molecule has 1 saturated heterocycles. The number of anilines is 1. The molecule has 0 aliphatic carbocycles. The Labute approximate surface area is 168 Å². The SMILES string of the molecule is Cc1nc(C(N)=O)nc(N2CC[C@@H](NCc3cnc4c(F)cccc4c3)C2)c1C. The first-order chi connectivity index (χ1) is 13.9. The molecule has 2 aromatic heterocycles. The maximum absolute atomic E-state index is 13.8. The van der Waals surface area contributed by atoms with E-state index in [0.29, 0.717) is 12.1 Å². The highest BCUT2D eigenvalue weighted by Gasteiger charge is 2.26. The zero-order chi connectivity index (χ0) is 20.5. The second-order valence-corrected chi connectivity index (χ2v) is 7.41. The first-order valence-electron chi connectivity index (χ1n) is 9.59. The lowest BCUT2D eigenvalue weighted by atomic mass is 10.1. The van der Waals surface area contributed by atoms with Crippen molar-refractivity contribution in [1.29, 1.82) is 0 Å². The fraction of sp³-hybridized carbons (Fsp3) is 0.333. The molecule has 3 N–H and O–H groups in total. The normalized spacial score (nSPS) is 16.5. The molecule has 150 valence electrons. The van der Waals surface area contributed by atoms with Crippen LogP contribution in [0.3, 0.4) is 0 Å². The molecule has 1 atom stereocenters. The molecular formula is C21H23FN6O. The lowest BCUT2D eigenvalue weighted by Gasteiger charge is -2.21. The molecule has 0 spiro atoms. The van der Waals surface area contributed by atoms with Gasteiger partial charge in [-0.3, -0.25) is 9.78 Å². The number of benzene rings is 1. The predicted octanol–water partition coefficient (Wildman–Crippen LogP) is 2.25. The molecule has 29 heavy (non-hydrogen) atoms. The molecule has 0 saturated carbocycles. The van der Waals surface area contributed by atoms with Gasteiger partial charge in [-0.1, -0.05) is 12.1 Å². The van der Waals surface area contributed by atoms with Crippen LogP contribution in [0.2, 0.25) is 0 Å². The topological polar surface area (TPSA) is 97.0 Å². The van der Waals surface area contributed by atoms with Crippen LogP contribution < -0.4 is 16.0 Å². The Morgan fingerprint density at radius 3 is 2.97 bits per heavy atom. The number of rotatable bonds is 5. The van der Waals surface area contributed by atoms with Crippen molar-refractivity contribution in [3.8, 4) is 0 Å². The van der Waals surface area contributed by atoms with Crippen LogP contribution in [-0.4, -0.2) is 40.0 Å². The Hall–Kier alpha value is -3.13. The number of carbonyl (C=O) groups excluding carboxylic acids is 1. The van der Waals surface area contributed by atoms with Crippen LogP contribution in [-0.2, 0) is 6.54 Å². The van der Waals surface area contributed by atoms with E-state index in [0.717, 1.165) is 47.5 Å². The summed E-state index contributed by atoms with van der Waals surface area (Å²) in [5.41, 5.74) is 8.48. The second kappa shape index (κ2) is 7.71. The van der Waals surface area contributed by atoms with Crippen molar-refractivity contribution in [1.82, 2.24) is 20.3 Å². The number of carbonyl (C=O) groups is 1. The second-order valence-electron chi connectivity index (χ2n) is 7.41. The quantitative estimate of drug-likeness (QED) is 0.689. The van der Waals surface area contributed by atoms with Crippen molar-refractivity contribution in [2.75, 3.05) is 18.0 Å². The fourth-order valence-corrected chi connectivity index (χ4v) is 3.68. The molecule has 1 fully saturated rings. The number of fused-ring (bicyclic) bond motifs is 1. The van der Waals surface area contributed by atoms with E-state index in [9.17, 15) is 9.18 Å².